The third kappa shape index (κ3) is 2.89. The highest BCUT2D eigenvalue weighted by Crippen LogP contribution is 2.25. The maximum Gasteiger partial charge on any atom is 0.270 e. The molecule has 1 amide bonds. The molecule has 0 aliphatic carbocycles. The van der Waals surface area contributed by atoms with Crippen LogP contribution in [0.1, 0.15) is 36.5 Å². The third-order valence-electron chi connectivity index (χ3n) is 3.86. The van der Waals surface area contributed by atoms with Gasteiger partial charge in [-0.05, 0) is 24.8 Å². The average molecular weight is 277 g/mol. The number of carbonyl (C=O) groups is 1. The van der Waals surface area contributed by atoms with E-state index in [1.54, 1.807) is 4.90 Å². The molecule has 1 atom stereocenters. The van der Waals surface area contributed by atoms with E-state index in [9.17, 15) is 14.9 Å². The number of benzene rings is 1. The van der Waals surface area contributed by atoms with Gasteiger partial charge >= 0.3 is 0 Å². The number of nitrogens with zero attached hydrogens (tertiary/aromatic N) is 2. The molecule has 108 valence electrons. The molecule has 0 aromatic heterocycles. The van der Waals surface area contributed by atoms with Crippen molar-refractivity contribution in [2.75, 3.05) is 18.8 Å². The Balaban J connectivity index is 2.24. The molecule has 0 saturated carbocycles. The van der Waals surface area contributed by atoms with Gasteiger partial charge in [-0.1, -0.05) is 13.3 Å². The molecule has 0 bridgehead atoms. The van der Waals surface area contributed by atoms with Crippen LogP contribution in [0.4, 0.5) is 11.4 Å². The molecule has 1 aromatic carbocycles. The first-order chi connectivity index (χ1) is 9.52. The molecule has 1 aliphatic heterocycles. The minimum Gasteiger partial charge on any atom is -0.398 e. The molecule has 2 rings (SSSR count). The fourth-order valence-electron chi connectivity index (χ4n) is 2.60. The monoisotopic (exact) mass is 277 g/mol. The second kappa shape index (κ2) is 5.90. The standard InChI is InChI=1S/C14H19N3O3/c1-2-10-4-3-7-16(9-10)14(18)12-8-11(17(19)20)5-6-13(12)15/h5-6,8,10H,2-4,7,9,15H2,1H3. The van der Waals surface area contributed by atoms with Crippen LogP contribution in [0.2, 0.25) is 0 Å². The summed E-state index contributed by atoms with van der Waals surface area (Å²) in [7, 11) is 0. The van der Waals surface area contributed by atoms with Gasteiger partial charge in [0.15, 0.2) is 0 Å². The second-order valence-electron chi connectivity index (χ2n) is 5.20. The van der Waals surface area contributed by atoms with Crippen LogP contribution >= 0.6 is 0 Å². The Morgan fingerprint density at radius 1 is 1.55 bits per heavy atom. The number of nitro benzene ring substituents is 1. The lowest BCUT2D eigenvalue weighted by molar-refractivity contribution is -0.384. The SMILES string of the molecule is CCC1CCCN(C(=O)c2cc([N+](=O)[O-])ccc2N)C1. The first kappa shape index (κ1) is 14.3. The van der Waals surface area contributed by atoms with Crippen LogP contribution < -0.4 is 5.73 Å². The Morgan fingerprint density at radius 2 is 2.30 bits per heavy atom. The summed E-state index contributed by atoms with van der Waals surface area (Å²) in [5.41, 5.74) is 6.21. The molecule has 1 fully saturated rings. The van der Waals surface area contributed by atoms with Crippen molar-refractivity contribution in [3.8, 4) is 0 Å². The van der Waals surface area contributed by atoms with Gasteiger partial charge in [-0.25, -0.2) is 0 Å². The van der Waals surface area contributed by atoms with Crippen molar-refractivity contribution >= 4 is 17.3 Å². The molecule has 1 unspecified atom stereocenters. The molecular formula is C14H19N3O3. The predicted octanol–water partition coefficient (Wildman–Crippen LogP) is 2.44. The van der Waals surface area contributed by atoms with Crippen molar-refractivity contribution in [3.63, 3.8) is 0 Å². The molecule has 20 heavy (non-hydrogen) atoms. The van der Waals surface area contributed by atoms with Gasteiger partial charge in [0.2, 0.25) is 0 Å². The van der Waals surface area contributed by atoms with E-state index in [1.807, 2.05) is 0 Å². The number of nitrogen functional groups attached to an aromatic ring is 1. The molecule has 2 N–H and O–H groups in total. The highest BCUT2D eigenvalue weighted by atomic mass is 16.6. The number of carbonyl (C=O) groups excluding carboxylic acids is 1. The Labute approximate surface area is 117 Å². The molecule has 1 aliphatic rings. The summed E-state index contributed by atoms with van der Waals surface area (Å²) in [4.78, 5) is 24.5. The minimum absolute atomic E-state index is 0.105. The molecule has 1 heterocycles. The first-order valence-corrected chi connectivity index (χ1v) is 6.86. The number of hydrogen-bond acceptors (Lipinski definition) is 4. The van der Waals surface area contributed by atoms with Crippen LogP contribution in [-0.4, -0.2) is 28.8 Å². The van der Waals surface area contributed by atoms with E-state index in [1.165, 1.54) is 18.2 Å². The Morgan fingerprint density at radius 3 is 2.95 bits per heavy atom. The molecular weight excluding hydrogens is 258 g/mol. The number of piperidine rings is 1. The fraction of sp³-hybridized carbons (Fsp3) is 0.500. The maximum atomic E-state index is 12.5. The smallest absolute Gasteiger partial charge is 0.270 e. The maximum absolute atomic E-state index is 12.5. The van der Waals surface area contributed by atoms with Gasteiger partial charge in [0, 0.05) is 30.9 Å². The zero-order valence-electron chi connectivity index (χ0n) is 11.5. The normalized spacial score (nSPS) is 18.9. The fourth-order valence-corrected chi connectivity index (χ4v) is 2.60. The minimum atomic E-state index is -0.513. The van der Waals surface area contributed by atoms with E-state index in [0.717, 1.165) is 19.3 Å². The third-order valence-corrected chi connectivity index (χ3v) is 3.86. The summed E-state index contributed by atoms with van der Waals surface area (Å²) in [6.07, 6.45) is 3.14. The molecule has 0 spiro atoms. The summed E-state index contributed by atoms with van der Waals surface area (Å²) in [6, 6.07) is 4.01. The van der Waals surface area contributed by atoms with E-state index < -0.39 is 4.92 Å². The van der Waals surface area contributed by atoms with Gasteiger partial charge in [0.05, 0.1) is 10.5 Å². The lowest BCUT2D eigenvalue weighted by Crippen LogP contribution is -2.40. The topological polar surface area (TPSA) is 89.5 Å². The number of anilines is 1. The molecule has 1 saturated heterocycles. The van der Waals surface area contributed by atoms with Gasteiger partial charge in [0.1, 0.15) is 0 Å². The van der Waals surface area contributed by atoms with Crippen molar-refractivity contribution in [1.82, 2.24) is 4.90 Å². The average Bonchev–Trinajstić information content (AvgIpc) is 2.46. The summed E-state index contributed by atoms with van der Waals surface area (Å²) in [5.74, 6) is 0.303. The zero-order valence-corrected chi connectivity index (χ0v) is 11.5. The first-order valence-electron chi connectivity index (χ1n) is 6.86. The van der Waals surface area contributed by atoms with Crippen molar-refractivity contribution in [2.45, 2.75) is 26.2 Å². The van der Waals surface area contributed by atoms with E-state index in [-0.39, 0.29) is 17.2 Å². The van der Waals surface area contributed by atoms with Crippen LogP contribution in [0, 0.1) is 16.0 Å². The molecule has 0 radical (unpaired) electrons. The summed E-state index contributed by atoms with van der Waals surface area (Å²) >= 11 is 0. The Kier molecular flexibility index (Phi) is 4.22. The Hall–Kier alpha value is -2.11. The number of hydrogen-bond donors (Lipinski definition) is 1. The van der Waals surface area contributed by atoms with Crippen molar-refractivity contribution < 1.29 is 9.72 Å². The van der Waals surface area contributed by atoms with E-state index in [4.69, 9.17) is 5.73 Å². The van der Waals surface area contributed by atoms with Crippen molar-refractivity contribution in [3.05, 3.63) is 33.9 Å². The van der Waals surface area contributed by atoms with Gasteiger partial charge in [-0.15, -0.1) is 0 Å². The van der Waals surface area contributed by atoms with Crippen LogP contribution in [0.25, 0.3) is 0 Å². The highest BCUT2D eigenvalue weighted by Gasteiger charge is 2.25. The number of likely N-dealkylation sites (tertiary alicyclic amines) is 1. The van der Waals surface area contributed by atoms with E-state index in [0.29, 0.717) is 24.7 Å². The van der Waals surface area contributed by atoms with Crippen LogP contribution in [0.3, 0.4) is 0 Å². The largest absolute Gasteiger partial charge is 0.398 e. The van der Waals surface area contributed by atoms with Gasteiger partial charge in [-0.2, -0.15) is 0 Å². The summed E-state index contributed by atoms with van der Waals surface area (Å²) < 4.78 is 0. The van der Waals surface area contributed by atoms with Crippen LogP contribution in [-0.2, 0) is 0 Å². The highest BCUT2D eigenvalue weighted by molar-refractivity contribution is 5.99. The Bertz CT molecular complexity index is 530. The van der Waals surface area contributed by atoms with Gasteiger partial charge < -0.3 is 10.6 Å². The van der Waals surface area contributed by atoms with E-state index >= 15 is 0 Å². The second-order valence-corrected chi connectivity index (χ2v) is 5.20. The van der Waals surface area contributed by atoms with Gasteiger partial charge in [-0.3, -0.25) is 14.9 Å². The lowest BCUT2D eigenvalue weighted by atomic mass is 9.95. The predicted molar refractivity (Wildman–Crippen MR) is 76.4 cm³/mol. The summed E-state index contributed by atoms with van der Waals surface area (Å²) in [5, 5.41) is 10.8. The van der Waals surface area contributed by atoms with E-state index in [2.05, 4.69) is 6.92 Å². The number of nitrogens with two attached hydrogens (primary N) is 1. The van der Waals surface area contributed by atoms with Crippen molar-refractivity contribution in [1.29, 1.82) is 0 Å². The zero-order chi connectivity index (χ0) is 14.7. The number of nitro groups is 1. The number of non-ortho nitro benzene ring substituents is 1. The van der Waals surface area contributed by atoms with Crippen LogP contribution in [0.15, 0.2) is 18.2 Å². The van der Waals surface area contributed by atoms with Crippen molar-refractivity contribution in [2.24, 2.45) is 5.92 Å². The molecule has 6 nitrogen and oxygen atoms in total. The quantitative estimate of drug-likeness (QED) is 0.522. The van der Waals surface area contributed by atoms with Crippen LogP contribution in [0.5, 0.6) is 0 Å². The lowest BCUT2D eigenvalue weighted by Gasteiger charge is -2.32. The molecule has 6 heteroatoms. The van der Waals surface area contributed by atoms with Gasteiger partial charge in [0.25, 0.3) is 11.6 Å². The number of amides is 1. The number of rotatable bonds is 3. The summed E-state index contributed by atoms with van der Waals surface area (Å²) in [6.45, 7) is 3.51. The molecule has 1 aromatic rings.